The van der Waals surface area contributed by atoms with E-state index in [0.717, 1.165) is 18.2 Å². The highest BCUT2D eigenvalue weighted by Gasteiger charge is 2.61. The van der Waals surface area contributed by atoms with Gasteiger partial charge < -0.3 is 15.2 Å². The number of thiazole rings is 1. The number of aliphatic carboxylic acids is 1. The fourth-order valence-corrected chi connectivity index (χ4v) is 6.19. The number of carboxylic acid groups (broad SMARTS) is 1. The number of nitrogens with zero attached hydrogens (tertiary/aromatic N) is 4. The van der Waals surface area contributed by atoms with Crippen molar-refractivity contribution in [2.24, 2.45) is 10.4 Å². The summed E-state index contributed by atoms with van der Waals surface area (Å²) in [5.41, 5.74) is -0.842. The normalized spacial score (nSPS) is 24.1. The van der Waals surface area contributed by atoms with E-state index in [1.807, 2.05) is 0 Å². The Morgan fingerprint density at radius 2 is 2.05 bits per heavy atom. The largest absolute Gasteiger partial charge is 0.481 e. The van der Waals surface area contributed by atoms with Crippen molar-refractivity contribution in [2.75, 3.05) is 33.4 Å². The Morgan fingerprint density at radius 3 is 2.70 bits per heavy atom. The summed E-state index contributed by atoms with van der Waals surface area (Å²) in [6, 6.07) is -1.02. The summed E-state index contributed by atoms with van der Waals surface area (Å²) in [5.74, 6) is -7.01. The van der Waals surface area contributed by atoms with E-state index in [2.05, 4.69) is 15.3 Å². The number of likely N-dealkylation sites (tertiary alicyclic amines) is 1. The first-order valence-corrected chi connectivity index (χ1v) is 14.4. The van der Waals surface area contributed by atoms with E-state index in [1.165, 1.54) is 43.1 Å². The number of hydrogen-bond acceptors (Lipinski definition) is 10. The number of esters is 1. The number of fused-ring (bicyclic) bond motifs is 1. The van der Waals surface area contributed by atoms with Gasteiger partial charge in [-0.05, 0) is 44.4 Å². The van der Waals surface area contributed by atoms with Gasteiger partial charge in [0, 0.05) is 30.4 Å². The molecule has 0 amide bonds. The number of aromatic nitrogens is 1. The molecule has 3 aliphatic heterocycles. The third-order valence-electron chi connectivity index (χ3n) is 8.14. The lowest BCUT2D eigenvalue weighted by atomic mass is 9.89. The Labute approximate surface area is 249 Å². The average Bonchev–Trinajstić information content (AvgIpc) is 3.69. The molecule has 3 unspecified atom stereocenters. The molecule has 2 fully saturated rings. The number of carboxylic acids is 1. The molecule has 5 rings (SSSR count). The predicted molar refractivity (Wildman–Crippen MR) is 147 cm³/mol. The number of nitrogens with one attached hydrogen (secondary N) is 1. The van der Waals surface area contributed by atoms with Crippen molar-refractivity contribution in [3.63, 3.8) is 0 Å². The third-order valence-corrected chi connectivity index (χ3v) is 8.92. The molecule has 232 valence electrons. The van der Waals surface area contributed by atoms with Gasteiger partial charge in [-0.1, -0.05) is 6.07 Å². The number of carbonyl (C=O) groups is 2. The molecule has 0 aliphatic carbocycles. The van der Waals surface area contributed by atoms with Crippen LogP contribution >= 0.6 is 11.3 Å². The van der Waals surface area contributed by atoms with Crippen LogP contribution in [0.4, 0.5) is 17.6 Å². The highest BCUT2D eigenvalue weighted by Crippen LogP contribution is 2.42. The van der Waals surface area contributed by atoms with Crippen LogP contribution in [0, 0.1) is 24.0 Å². The van der Waals surface area contributed by atoms with Crippen molar-refractivity contribution in [1.29, 1.82) is 0 Å². The van der Waals surface area contributed by atoms with Crippen molar-refractivity contribution >= 4 is 29.1 Å². The van der Waals surface area contributed by atoms with Crippen LogP contribution in [0.25, 0.3) is 0 Å². The summed E-state index contributed by atoms with van der Waals surface area (Å²) >= 11 is 1.24. The molecule has 43 heavy (non-hydrogen) atoms. The van der Waals surface area contributed by atoms with Crippen LogP contribution in [0.1, 0.15) is 42.4 Å². The van der Waals surface area contributed by atoms with Gasteiger partial charge in [0.15, 0.2) is 22.5 Å². The highest BCUT2D eigenvalue weighted by molar-refractivity contribution is 7.11. The van der Waals surface area contributed by atoms with Crippen molar-refractivity contribution in [3.05, 3.63) is 62.7 Å². The standard InChI is InChI=1S/C28H31F4N5O5S/c1-14-15(5-6-16(29)20(14)30)21-19(25(38)41-4)17(34-23(35-21)24-33-8-10-43-24)11-36-13-28(31,32)22-18(36)12-42-37(22)9-7-27(2,3)26(39)40/h5-6,8,10,18,21-22H,7,9,11-13H2,1-4H3,(H,34,35)(H,39,40). The molecule has 0 saturated carbocycles. The minimum atomic E-state index is -3.22. The fraction of sp³-hybridized carbons (Fsp3) is 0.500. The second-order valence-electron chi connectivity index (χ2n) is 11.4. The molecule has 0 bridgehead atoms. The number of carbonyl (C=O) groups excluding carboxylic acids is 1. The minimum Gasteiger partial charge on any atom is -0.481 e. The Bertz CT molecular complexity index is 1480. The number of rotatable bonds is 9. The quantitative estimate of drug-likeness (QED) is 0.318. The van der Waals surface area contributed by atoms with E-state index >= 15 is 8.78 Å². The van der Waals surface area contributed by atoms with E-state index in [1.54, 1.807) is 11.6 Å². The summed E-state index contributed by atoms with van der Waals surface area (Å²) in [7, 11) is 1.16. The molecule has 2 saturated heterocycles. The molecule has 1 aromatic carbocycles. The Kier molecular flexibility index (Phi) is 8.37. The van der Waals surface area contributed by atoms with Crippen LogP contribution in [-0.4, -0.2) is 89.2 Å². The molecule has 0 radical (unpaired) electrons. The molecule has 3 aliphatic rings. The number of aliphatic imine (C=N–C) groups is 1. The smallest absolute Gasteiger partial charge is 0.338 e. The second-order valence-corrected chi connectivity index (χ2v) is 12.3. The molecule has 10 nitrogen and oxygen atoms in total. The topological polar surface area (TPSA) is 117 Å². The molecular weight excluding hydrogens is 594 g/mol. The van der Waals surface area contributed by atoms with Gasteiger partial charge >= 0.3 is 11.9 Å². The molecule has 15 heteroatoms. The van der Waals surface area contributed by atoms with Gasteiger partial charge in [-0.3, -0.25) is 19.5 Å². The molecule has 2 aromatic rings. The Balaban J connectivity index is 1.51. The summed E-state index contributed by atoms with van der Waals surface area (Å²) in [6.07, 6.45) is 1.63. The number of alkyl halides is 2. The Hall–Kier alpha value is -3.40. The second kappa shape index (κ2) is 11.6. The highest BCUT2D eigenvalue weighted by atomic mass is 32.1. The van der Waals surface area contributed by atoms with Gasteiger partial charge in [0.1, 0.15) is 12.1 Å². The van der Waals surface area contributed by atoms with Crippen molar-refractivity contribution < 1.29 is 41.8 Å². The van der Waals surface area contributed by atoms with Gasteiger partial charge in [0.2, 0.25) is 0 Å². The van der Waals surface area contributed by atoms with Crippen molar-refractivity contribution in [1.82, 2.24) is 20.3 Å². The number of hydroxylamine groups is 2. The number of amidine groups is 1. The van der Waals surface area contributed by atoms with Gasteiger partial charge in [-0.25, -0.2) is 27.3 Å². The van der Waals surface area contributed by atoms with Crippen LogP contribution in [0.2, 0.25) is 0 Å². The van der Waals surface area contributed by atoms with Gasteiger partial charge in [-0.15, -0.1) is 11.3 Å². The van der Waals surface area contributed by atoms with Gasteiger partial charge in [-0.2, -0.15) is 5.06 Å². The molecule has 3 atom stereocenters. The van der Waals surface area contributed by atoms with Crippen LogP contribution in [0.15, 0.2) is 40.0 Å². The first-order chi connectivity index (χ1) is 20.2. The number of halogens is 4. The van der Waals surface area contributed by atoms with E-state index in [0.29, 0.717) is 5.01 Å². The SMILES string of the molecule is COC(=O)C1=C(CN2CC(F)(F)C3C2CON3CCC(C)(C)C(=O)O)NC(c2nccs2)=NC1c1ccc(F)c(F)c1C. The minimum absolute atomic E-state index is 0.0173. The first kappa shape index (κ1) is 31.0. The third kappa shape index (κ3) is 5.78. The average molecular weight is 626 g/mol. The predicted octanol–water partition coefficient (Wildman–Crippen LogP) is 3.68. The molecule has 4 heterocycles. The van der Waals surface area contributed by atoms with E-state index in [-0.39, 0.29) is 54.3 Å². The maximum Gasteiger partial charge on any atom is 0.338 e. The van der Waals surface area contributed by atoms with Crippen molar-refractivity contribution in [3.8, 4) is 0 Å². The number of benzene rings is 1. The fourth-order valence-electron chi connectivity index (χ4n) is 5.60. The summed E-state index contributed by atoms with van der Waals surface area (Å²) in [5, 5.41) is 15.8. The van der Waals surface area contributed by atoms with E-state index < -0.39 is 59.6 Å². The maximum atomic E-state index is 15.5. The lowest BCUT2D eigenvalue weighted by molar-refractivity contribution is -0.186. The van der Waals surface area contributed by atoms with E-state index in [9.17, 15) is 23.5 Å². The van der Waals surface area contributed by atoms with Gasteiger partial charge in [0.05, 0.1) is 37.3 Å². The summed E-state index contributed by atoms with van der Waals surface area (Å²) < 4.78 is 64.8. The number of hydrogen-bond donors (Lipinski definition) is 2. The molecule has 1 aromatic heterocycles. The van der Waals surface area contributed by atoms with Crippen molar-refractivity contribution in [2.45, 2.75) is 51.2 Å². The lowest BCUT2D eigenvalue weighted by Crippen LogP contribution is -2.46. The van der Waals surface area contributed by atoms with Crippen LogP contribution in [-0.2, 0) is 19.2 Å². The first-order valence-electron chi connectivity index (χ1n) is 13.5. The molecule has 0 spiro atoms. The zero-order chi connectivity index (χ0) is 31.3. The zero-order valence-corrected chi connectivity index (χ0v) is 24.7. The van der Waals surface area contributed by atoms with Crippen LogP contribution < -0.4 is 5.32 Å². The Morgan fingerprint density at radius 1 is 1.30 bits per heavy atom. The lowest BCUT2D eigenvalue weighted by Gasteiger charge is -2.31. The monoisotopic (exact) mass is 625 g/mol. The number of ether oxygens (including phenoxy) is 1. The summed E-state index contributed by atoms with van der Waals surface area (Å²) in [4.78, 5) is 40.8. The van der Waals surface area contributed by atoms with Crippen LogP contribution in [0.5, 0.6) is 0 Å². The van der Waals surface area contributed by atoms with E-state index in [4.69, 9.17) is 9.57 Å². The van der Waals surface area contributed by atoms with Crippen LogP contribution in [0.3, 0.4) is 0 Å². The maximum absolute atomic E-state index is 15.5. The summed E-state index contributed by atoms with van der Waals surface area (Å²) in [6.45, 7) is 3.47. The zero-order valence-electron chi connectivity index (χ0n) is 23.9. The molecular formula is C28H31F4N5O5S. The van der Waals surface area contributed by atoms with Gasteiger partial charge in [0.25, 0.3) is 5.92 Å². The molecule has 2 N–H and O–H groups in total. The number of methoxy groups -OCH3 is 1.